The van der Waals surface area contributed by atoms with Crippen LogP contribution in [-0.2, 0) is 18.5 Å². The molecule has 0 aliphatic carbocycles. The Morgan fingerprint density at radius 3 is 1.79 bits per heavy atom. The Balaban J connectivity index is 3.85. The van der Waals surface area contributed by atoms with Gasteiger partial charge in [-0.3, -0.25) is 0 Å². The van der Waals surface area contributed by atoms with E-state index in [1.165, 1.54) is 29.5 Å². The minimum atomic E-state index is -6.25. The van der Waals surface area contributed by atoms with Gasteiger partial charge in [-0.1, -0.05) is 47.8 Å². The van der Waals surface area contributed by atoms with Crippen molar-refractivity contribution in [3.63, 3.8) is 0 Å². The fourth-order valence-electron chi connectivity index (χ4n) is 1.97. The van der Waals surface area contributed by atoms with Crippen molar-refractivity contribution in [3.8, 4) is 0 Å². The van der Waals surface area contributed by atoms with E-state index in [0.717, 1.165) is 0 Å². The summed E-state index contributed by atoms with van der Waals surface area (Å²) < 4.78 is 90.4. The van der Waals surface area contributed by atoms with Crippen molar-refractivity contribution in [2.75, 3.05) is 0 Å². The molecule has 0 saturated heterocycles. The first kappa shape index (κ1) is 22.4. The van der Waals surface area contributed by atoms with E-state index in [1.807, 2.05) is 0 Å². The van der Waals surface area contributed by atoms with Crippen molar-refractivity contribution in [3.05, 3.63) is 32.4 Å². The van der Waals surface area contributed by atoms with E-state index >= 15 is 0 Å². The maximum Gasteiger partial charge on any atom is 0.435 e. The van der Waals surface area contributed by atoms with Crippen molar-refractivity contribution >= 4 is 57.4 Å². The Morgan fingerprint density at radius 2 is 1.46 bits per heavy atom. The summed E-state index contributed by atoms with van der Waals surface area (Å²) >= 11 is 17.9. The molecule has 0 fully saturated rings. The summed E-state index contributed by atoms with van der Waals surface area (Å²) in [5.41, 5.74) is -7.96. The molecule has 0 aromatic heterocycles. The molecule has 1 aromatic carbocycles. The average molecular weight is 530 g/mol. The van der Waals surface area contributed by atoms with Gasteiger partial charge in [0, 0.05) is 15.6 Å². The molecule has 0 spiro atoms. The Hall–Kier alpha value is 0.330. The van der Waals surface area contributed by atoms with Gasteiger partial charge in [0.1, 0.15) is 0 Å². The fraction of sp³-hybridized carbons (Fsp3) is 0.538. The summed E-state index contributed by atoms with van der Waals surface area (Å²) in [6.07, 6.45) is -13.3. The molecule has 0 amide bonds. The molecule has 137 valence electrons. The molecule has 1 aromatic rings. The molecule has 0 aliphatic heterocycles. The van der Waals surface area contributed by atoms with Gasteiger partial charge in [-0.2, -0.15) is 26.3 Å². The molecule has 0 heterocycles. The van der Waals surface area contributed by atoms with Gasteiger partial charge in [-0.05, 0) is 46.2 Å². The first-order valence-corrected chi connectivity index (χ1v) is 8.39. The summed E-state index contributed by atoms with van der Waals surface area (Å²) in [5, 5.41) is 0. The third-order valence-electron chi connectivity index (χ3n) is 3.09. The second kappa shape index (κ2) is 7.15. The number of rotatable bonds is 3. The monoisotopic (exact) mass is 529 g/mol. The standard InChI is InChI=1S/C13H8Cl3F7I/c1-2-6-3-8(7(9(24)4-6)5-10(14,15)16)11(17,12(18,19)20)13(21,22)23/h3H,2,5H2,1H3. The second-order valence-corrected chi connectivity index (χ2v) is 8.40. The normalized spacial score (nSPS) is 14.2. The Morgan fingerprint density at radius 1 is 1.00 bits per heavy atom. The lowest BCUT2D eigenvalue weighted by molar-refractivity contribution is -0.348. The molecule has 0 bridgehead atoms. The lowest BCUT2D eigenvalue weighted by Crippen LogP contribution is -2.51. The maximum atomic E-state index is 14.5. The van der Waals surface area contributed by atoms with Gasteiger partial charge >= 0.3 is 18.0 Å². The fourth-order valence-corrected chi connectivity index (χ4v) is 3.20. The smallest absolute Gasteiger partial charge is 0.218 e. The summed E-state index contributed by atoms with van der Waals surface area (Å²) in [4.78, 5) is 0. The van der Waals surface area contributed by atoms with Crippen LogP contribution in [0.1, 0.15) is 23.6 Å². The molecular weight excluding hydrogens is 522 g/mol. The minimum Gasteiger partial charge on any atom is -0.218 e. The first-order valence-electron chi connectivity index (χ1n) is 6.17. The van der Waals surface area contributed by atoms with Crippen LogP contribution in [0.2, 0.25) is 0 Å². The van der Waals surface area contributed by atoms with E-state index < -0.39 is 39.4 Å². The van der Waals surface area contributed by atoms with E-state index in [4.69, 9.17) is 34.8 Å². The topological polar surface area (TPSA) is 0 Å². The molecule has 0 saturated carbocycles. The third-order valence-corrected chi connectivity index (χ3v) is 4.41. The van der Waals surface area contributed by atoms with Gasteiger partial charge < -0.3 is 0 Å². The second-order valence-electron chi connectivity index (χ2n) is 4.80. The predicted octanol–water partition coefficient (Wildman–Crippen LogP) is 6.86. The van der Waals surface area contributed by atoms with Crippen molar-refractivity contribution in [1.82, 2.24) is 0 Å². The molecule has 0 unspecified atom stereocenters. The highest BCUT2D eigenvalue weighted by Crippen LogP contribution is 2.55. The van der Waals surface area contributed by atoms with E-state index in [0.29, 0.717) is 6.07 Å². The van der Waals surface area contributed by atoms with Crippen molar-refractivity contribution in [2.24, 2.45) is 0 Å². The minimum absolute atomic E-state index is 0.0296. The maximum absolute atomic E-state index is 14.5. The molecule has 24 heavy (non-hydrogen) atoms. The predicted molar refractivity (Wildman–Crippen MR) is 86.3 cm³/mol. The Bertz CT molecular complexity index is 591. The number of benzene rings is 1. The lowest BCUT2D eigenvalue weighted by Gasteiger charge is -2.33. The molecule has 0 atom stereocenters. The van der Waals surface area contributed by atoms with Crippen molar-refractivity contribution in [1.29, 1.82) is 0 Å². The van der Waals surface area contributed by atoms with Crippen LogP contribution in [-0.4, -0.2) is 16.1 Å². The zero-order chi connectivity index (χ0) is 19.1. The summed E-state index contributed by atoms with van der Waals surface area (Å²) in [5.74, 6) is 0. The molecule has 0 nitrogen and oxygen atoms in total. The van der Waals surface area contributed by atoms with Gasteiger partial charge in [0.15, 0.2) is 3.79 Å². The van der Waals surface area contributed by atoms with Gasteiger partial charge in [0.05, 0.1) is 0 Å². The Kier molecular flexibility index (Phi) is 6.67. The number of hydrogen-bond acceptors (Lipinski definition) is 0. The number of aryl methyl sites for hydroxylation is 1. The van der Waals surface area contributed by atoms with Crippen LogP contribution in [0.25, 0.3) is 0 Å². The largest absolute Gasteiger partial charge is 0.435 e. The lowest BCUT2D eigenvalue weighted by atomic mass is 9.87. The van der Waals surface area contributed by atoms with Gasteiger partial charge in [0.25, 0.3) is 0 Å². The van der Waals surface area contributed by atoms with Crippen LogP contribution >= 0.6 is 57.4 Å². The molecule has 0 aliphatic rings. The summed E-state index contributed by atoms with van der Waals surface area (Å²) in [6, 6.07) is 3.04. The van der Waals surface area contributed by atoms with Crippen LogP contribution in [0.3, 0.4) is 0 Å². The van der Waals surface area contributed by atoms with E-state index in [9.17, 15) is 30.7 Å². The van der Waals surface area contributed by atoms with Crippen LogP contribution in [0.15, 0.2) is 6.07 Å². The molecular formula is C13H8Cl3F7I. The molecule has 1 radical (unpaired) electrons. The molecule has 11 heteroatoms. The quantitative estimate of drug-likeness (QED) is 0.228. The van der Waals surface area contributed by atoms with E-state index in [1.54, 1.807) is 0 Å². The van der Waals surface area contributed by atoms with Crippen LogP contribution in [0, 0.1) is 9.64 Å². The first-order chi connectivity index (χ1) is 10.5. The highest BCUT2D eigenvalue weighted by Gasteiger charge is 2.74. The average Bonchev–Trinajstić information content (AvgIpc) is 2.35. The van der Waals surface area contributed by atoms with E-state index in [-0.39, 0.29) is 15.6 Å². The van der Waals surface area contributed by atoms with Gasteiger partial charge in [-0.15, -0.1) is 0 Å². The highest BCUT2D eigenvalue weighted by atomic mass is 127. The van der Waals surface area contributed by atoms with Crippen LogP contribution in [0.4, 0.5) is 30.7 Å². The number of hydrogen-bond donors (Lipinski definition) is 0. The molecule has 1 rings (SSSR count). The van der Waals surface area contributed by atoms with Crippen LogP contribution in [0.5, 0.6) is 0 Å². The summed E-state index contributed by atoms with van der Waals surface area (Å²) in [6.45, 7) is 1.47. The zero-order valence-corrected chi connectivity index (χ0v) is 16.1. The number of alkyl halides is 10. The third kappa shape index (κ3) is 4.54. The molecule has 0 N–H and O–H groups in total. The Labute approximate surface area is 161 Å². The van der Waals surface area contributed by atoms with Crippen molar-refractivity contribution < 1.29 is 30.7 Å². The van der Waals surface area contributed by atoms with Gasteiger partial charge in [-0.25, -0.2) is 4.39 Å². The zero-order valence-electron chi connectivity index (χ0n) is 11.6. The van der Waals surface area contributed by atoms with Crippen LogP contribution < -0.4 is 0 Å². The SMILES string of the molecule is CCc1[c]c(I)c(CC(Cl)(Cl)Cl)c(C(F)(C(F)(F)F)C(F)(F)F)c1. The van der Waals surface area contributed by atoms with Gasteiger partial charge in [0.2, 0.25) is 0 Å². The van der Waals surface area contributed by atoms with E-state index in [2.05, 4.69) is 6.07 Å². The van der Waals surface area contributed by atoms with Crippen molar-refractivity contribution in [2.45, 2.75) is 41.6 Å². The number of halogens is 11. The highest BCUT2D eigenvalue weighted by molar-refractivity contribution is 14.1. The summed E-state index contributed by atoms with van der Waals surface area (Å²) in [7, 11) is 0.